The summed E-state index contributed by atoms with van der Waals surface area (Å²) in [7, 11) is 0. The topological polar surface area (TPSA) is 82.5 Å². The molecule has 1 aromatic heterocycles. The first-order chi connectivity index (χ1) is 5.77. The van der Waals surface area contributed by atoms with Gasteiger partial charge in [-0.15, -0.1) is 4.40 Å². The molecule has 0 aliphatic heterocycles. The monoisotopic (exact) mass is 185 g/mol. The Labute approximate surface area is 71.6 Å². The molecule has 0 N–H and O–H groups in total. The zero-order chi connectivity index (χ0) is 9.23. The molecule has 1 rings (SSSR count). The van der Waals surface area contributed by atoms with Gasteiger partial charge in [0.1, 0.15) is 0 Å². The Kier molecular flexibility index (Phi) is 6.87. The van der Waals surface area contributed by atoms with Gasteiger partial charge in [-0.2, -0.15) is 0 Å². The molecule has 0 bridgehead atoms. The Balaban J connectivity index is 0.000000202. The molecule has 0 saturated carbocycles. The molecule has 0 radical (unpaired) electrons. The number of rotatable bonds is 1. The third-order valence-corrected chi connectivity index (χ3v) is 0.902. The minimum atomic E-state index is -2.61. The third-order valence-electron chi connectivity index (χ3n) is 0.678. The molecule has 12 heavy (non-hydrogen) atoms. The smallest absolute Gasteiger partial charge is 0.248 e. The number of aromatic nitrogens is 1. The minimum Gasteiger partial charge on any atom is -0.753 e. The van der Waals surface area contributed by atoms with Crippen LogP contribution in [0.1, 0.15) is 0 Å². The fraction of sp³-hybridized carbons (Fsp3) is 0. The van der Waals surface area contributed by atoms with Crippen molar-refractivity contribution in [2.45, 2.75) is 0 Å². The highest BCUT2D eigenvalue weighted by atomic mass is 32.2. The maximum atomic E-state index is 9.17. The number of carbonyl (C=O) groups excluding carboxylic acids is 1. The summed E-state index contributed by atoms with van der Waals surface area (Å²) in [6.45, 7) is 0. The molecular weight excluding hydrogens is 180 g/mol. The van der Waals surface area contributed by atoms with E-state index in [4.69, 9.17) is 4.79 Å². The first-order valence-electron chi connectivity index (χ1n) is 2.79. The van der Waals surface area contributed by atoms with Crippen molar-refractivity contribution in [2.24, 2.45) is 4.40 Å². The van der Waals surface area contributed by atoms with E-state index in [0.29, 0.717) is 0 Å². The van der Waals surface area contributed by atoms with Gasteiger partial charge in [-0.05, 0) is 12.1 Å². The normalized spacial score (nSPS) is 10.1. The van der Waals surface area contributed by atoms with Gasteiger partial charge in [0.25, 0.3) is 0 Å². The van der Waals surface area contributed by atoms with Crippen LogP contribution in [0.4, 0.5) is 0 Å². The summed E-state index contributed by atoms with van der Waals surface area (Å²) in [5, 5.41) is 0. The Morgan fingerprint density at radius 1 is 1.33 bits per heavy atom. The molecule has 0 aliphatic rings. The summed E-state index contributed by atoms with van der Waals surface area (Å²) >= 11 is -2.61. The molecule has 1 atom stereocenters. The van der Waals surface area contributed by atoms with Gasteiger partial charge in [0.05, 0.1) is 11.3 Å². The van der Waals surface area contributed by atoms with Gasteiger partial charge in [0.15, 0.2) is 0 Å². The van der Waals surface area contributed by atoms with Crippen LogP contribution in [0.3, 0.4) is 0 Å². The van der Waals surface area contributed by atoms with E-state index in [-0.39, 0.29) is 0 Å². The molecule has 1 unspecified atom stereocenters. The van der Waals surface area contributed by atoms with Gasteiger partial charge >= 0.3 is 0 Å². The second-order valence-corrected chi connectivity index (χ2v) is 2.04. The van der Waals surface area contributed by atoms with Crippen LogP contribution < -0.4 is 0 Å². The van der Waals surface area contributed by atoms with Crippen molar-refractivity contribution in [3.05, 3.63) is 30.6 Å². The van der Waals surface area contributed by atoms with Gasteiger partial charge in [0.2, 0.25) is 6.08 Å². The van der Waals surface area contributed by atoms with E-state index in [1.165, 1.54) is 0 Å². The second kappa shape index (κ2) is 7.74. The van der Waals surface area contributed by atoms with E-state index in [1.54, 1.807) is 12.4 Å². The molecule has 0 amide bonds. The number of hydrogen-bond donors (Lipinski definition) is 0. The molecule has 6 heteroatoms. The van der Waals surface area contributed by atoms with Crippen LogP contribution in [0, 0.1) is 0 Å². The number of isocyanates is 1. The lowest BCUT2D eigenvalue weighted by Crippen LogP contribution is -1.74. The largest absolute Gasteiger partial charge is 0.753 e. The van der Waals surface area contributed by atoms with Gasteiger partial charge in [-0.1, -0.05) is 6.07 Å². The van der Waals surface area contributed by atoms with Crippen molar-refractivity contribution in [1.82, 2.24) is 4.98 Å². The molecule has 0 spiro atoms. The third kappa shape index (κ3) is 8.64. The lowest BCUT2D eigenvalue weighted by atomic mass is 10.5. The van der Waals surface area contributed by atoms with E-state index >= 15 is 0 Å². The van der Waals surface area contributed by atoms with E-state index in [9.17, 15) is 8.76 Å². The summed E-state index contributed by atoms with van der Waals surface area (Å²) in [5.74, 6) is 0. The van der Waals surface area contributed by atoms with E-state index < -0.39 is 11.3 Å². The SMILES string of the molecule is O=C=NS(=O)[O-].c1ccncc1. The van der Waals surface area contributed by atoms with Gasteiger partial charge < -0.3 is 4.55 Å². The summed E-state index contributed by atoms with van der Waals surface area (Å²) in [6, 6.07) is 5.72. The standard InChI is InChI=1S/C5H5N.CHNO3S/c1-2-4-6-5-3-1;3-1-2-6(4)5/h1-5H;(H,4,5)/p-1. The summed E-state index contributed by atoms with van der Waals surface area (Å²) in [6.07, 6.45) is 4.33. The van der Waals surface area contributed by atoms with Crippen LogP contribution in [-0.2, 0) is 16.1 Å². The molecule has 0 aliphatic carbocycles. The van der Waals surface area contributed by atoms with Gasteiger partial charge in [0, 0.05) is 12.4 Å². The first-order valence-corrected chi connectivity index (χ1v) is 3.83. The highest BCUT2D eigenvalue weighted by Gasteiger charge is 1.59. The predicted molar refractivity (Wildman–Crippen MR) is 41.3 cm³/mol. The zero-order valence-corrected chi connectivity index (χ0v) is 6.73. The predicted octanol–water partition coefficient (Wildman–Crippen LogP) is 0.198. The van der Waals surface area contributed by atoms with Crippen LogP contribution >= 0.6 is 0 Å². The van der Waals surface area contributed by atoms with E-state index in [0.717, 1.165) is 6.08 Å². The summed E-state index contributed by atoms with van der Waals surface area (Å²) in [4.78, 5) is 12.7. The Hall–Kier alpha value is -1.36. The summed E-state index contributed by atoms with van der Waals surface area (Å²) < 4.78 is 20.6. The second-order valence-electron chi connectivity index (χ2n) is 1.42. The molecule has 1 aromatic rings. The van der Waals surface area contributed by atoms with Crippen molar-refractivity contribution in [1.29, 1.82) is 0 Å². The zero-order valence-electron chi connectivity index (χ0n) is 5.91. The fourth-order valence-electron chi connectivity index (χ4n) is 0.343. The molecule has 0 saturated heterocycles. The lowest BCUT2D eigenvalue weighted by Gasteiger charge is -1.84. The molecule has 5 nitrogen and oxygen atoms in total. The van der Waals surface area contributed by atoms with E-state index in [1.807, 2.05) is 18.2 Å². The minimum absolute atomic E-state index is 0.829. The van der Waals surface area contributed by atoms with Crippen molar-refractivity contribution < 1.29 is 13.6 Å². The Bertz CT molecular complexity index is 245. The highest BCUT2D eigenvalue weighted by Crippen LogP contribution is 1.73. The maximum Gasteiger partial charge on any atom is 0.248 e. The van der Waals surface area contributed by atoms with Gasteiger partial charge in [-0.25, -0.2) is 9.00 Å². The molecule has 0 aromatic carbocycles. The van der Waals surface area contributed by atoms with Crippen molar-refractivity contribution >= 4 is 17.3 Å². The summed E-state index contributed by atoms with van der Waals surface area (Å²) in [5.41, 5.74) is 0. The lowest BCUT2D eigenvalue weighted by molar-refractivity contribution is 0.535. The van der Waals surface area contributed by atoms with Crippen LogP contribution in [0.2, 0.25) is 0 Å². The number of pyridine rings is 1. The van der Waals surface area contributed by atoms with Crippen LogP contribution in [0.15, 0.2) is 35.0 Å². The van der Waals surface area contributed by atoms with Crippen molar-refractivity contribution in [2.75, 3.05) is 0 Å². The van der Waals surface area contributed by atoms with Crippen LogP contribution in [0.5, 0.6) is 0 Å². The molecule has 0 fully saturated rings. The number of hydrogen-bond acceptors (Lipinski definition) is 4. The van der Waals surface area contributed by atoms with E-state index in [2.05, 4.69) is 9.38 Å². The molecule has 1 heterocycles. The highest BCUT2D eigenvalue weighted by molar-refractivity contribution is 7.77. The maximum absolute atomic E-state index is 9.17. The quantitative estimate of drug-likeness (QED) is 0.355. The average molecular weight is 185 g/mol. The number of nitrogens with zero attached hydrogens (tertiary/aromatic N) is 2. The van der Waals surface area contributed by atoms with Crippen molar-refractivity contribution in [3.63, 3.8) is 0 Å². The molecular formula is C6H5N2O3S-. The van der Waals surface area contributed by atoms with Crippen LogP contribution in [-0.4, -0.2) is 19.8 Å². The van der Waals surface area contributed by atoms with Crippen molar-refractivity contribution in [3.8, 4) is 0 Å². The Morgan fingerprint density at radius 3 is 2.00 bits per heavy atom. The van der Waals surface area contributed by atoms with Gasteiger partial charge in [-0.3, -0.25) is 4.98 Å². The molecule has 64 valence electrons. The Morgan fingerprint density at radius 2 is 1.92 bits per heavy atom. The average Bonchev–Trinajstić information content (AvgIpc) is 2.08. The van der Waals surface area contributed by atoms with Crippen LogP contribution in [0.25, 0.3) is 0 Å². The fourth-order valence-corrected chi connectivity index (χ4v) is 0.404. The first kappa shape index (κ1) is 10.6.